The number of benzene rings is 1. The maximum atomic E-state index is 12.5. The van der Waals surface area contributed by atoms with Crippen molar-refractivity contribution in [1.29, 1.82) is 0 Å². The van der Waals surface area contributed by atoms with Gasteiger partial charge in [-0.1, -0.05) is 12.1 Å². The van der Waals surface area contributed by atoms with Gasteiger partial charge in [-0.05, 0) is 25.0 Å². The van der Waals surface area contributed by atoms with Gasteiger partial charge in [0.1, 0.15) is 17.5 Å². The van der Waals surface area contributed by atoms with Crippen molar-refractivity contribution in [2.45, 2.75) is 43.5 Å². The normalized spacial score (nSPS) is 29.5. The van der Waals surface area contributed by atoms with Crippen LogP contribution in [0.15, 0.2) is 24.3 Å². The van der Waals surface area contributed by atoms with Crippen molar-refractivity contribution >= 4 is 17.7 Å². The first-order valence-electron chi connectivity index (χ1n) is 9.25. The van der Waals surface area contributed by atoms with Crippen molar-refractivity contribution in [2.24, 2.45) is 5.73 Å². The molecule has 2 fully saturated rings. The summed E-state index contributed by atoms with van der Waals surface area (Å²) in [7, 11) is 0. The van der Waals surface area contributed by atoms with Crippen LogP contribution in [0.3, 0.4) is 0 Å². The smallest absolute Gasteiger partial charge is 0.317 e. The number of nitrogens with zero attached hydrogens (tertiary/aromatic N) is 1. The van der Waals surface area contributed by atoms with E-state index in [0.29, 0.717) is 50.2 Å². The number of Topliss-reactive ketones (excluding diaryl/α,β-unsaturated/α-hetero) is 1. The molecule has 3 unspecified atom stereocenters. The van der Waals surface area contributed by atoms with Crippen molar-refractivity contribution < 1.29 is 23.9 Å². The molecule has 3 N–H and O–H groups in total. The molecule has 8 nitrogen and oxygen atoms in total. The fourth-order valence-corrected chi connectivity index (χ4v) is 4.07. The standard InChI is InChI=1S/C19H23N3O5/c20-17(24)16-6-5-12(26-16)10-21-18(25)22-8-7-19(11-22)9-14(23)13-3-1-2-4-15(13)27-19/h1-4,12,16H,5-11H2,(H2,20,24)(H,21,25). The molecule has 27 heavy (non-hydrogen) atoms. The second-order valence-electron chi connectivity index (χ2n) is 7.47. The number of ketones is 1. The van der Waals surface area contributed by atoms with Crippen molar-refractivity contribution in [1.82, 2.24) is 10.2 Å². The number of likely N-dealkylation sites (tertiary alicyclic amines) is 1. The Morgan fingerprint density at radius 2 is 2.11 bits per heavy atom. The van der Waals surface area contributed by atoms with E-state index in [-0.39, 0.29) is 24.3 Å². The zero-order valence-electron chi connectivity index (χ0n) is 15.0. The highest BCUT2D eigenvalue weighted by atomic mass is 16.5. The van der Waals surface area contributed by atoms with Crippen LogP contribution in [-0.4, -0.2) is 60.1 Å². The molecule has 3 amide bonds. The molecular weight excluding hydrogens is 350 g/mol. The minimum Gasteiger partial charge on any atom is -0.484 e. The average Bonchev–Trinajstić information content (AvgIpc) is 3.27. The molecular formula is C19H23N3O5. The van der Waals surface area contributed by atoms with Gasteiger partial charge in [0.25, 0.3) is 0 Å². The molecule has 1 spiro atoms. The molecule has 8 heteroatoms. The molecule has 3 aliphatic rings. The molecule has 3 heterocycles. The van der Waals surface area contributed by atoms with Gasteiger partial charge in [-0.3, -0.25) is 9.59 Å². The van der Waals surface area contributed by atoms with Crippen LogP contribution in [-0.2, 0) is 9.53 Å². The van der Waals surface area contributed by atoms with E-state index in [9.17, 15) is 14.4 Å². The predicted molar refractivity (Wildman–Crippen MR) is 95.4 cm³/mol. The van der Waals surface area contributed by atoms with Crippen molar-refractivity contribution in [2.75, 3.05) is 19.6 Å². The highest BCUT2D eigenvalue weighted by molar-refractivity contribution is 6.00. The van der Waals surface area contributed by atoms with E-state index in [4.69, 9.17) is 15.2 Å². The van der Waals surface area contributed by atoms with Crippen LogP contribution < -0.4 is 15.8 Å². The van der Waals surface area contributed by atoms with E-state index >= 15 is 0 Å². The lowest BCUT2D eigenvalue weighted by molar-refractivity contribution is -0.128. The second-order valence-corrected chi connectivity index (χ2v) is 7.47. The first-order valence-corrected chi connectivity index (χ1v) is 9.25. The summed E-state index contributed by atoms with van der Waals surface area (Å²) in [4.78, 5) is 37.8. The maximum Gasteiger partial charge on any atom is 0.317 e. The number of nitrogens with one attached hydrogen (secondary N) is 1. The Kier molecular flexibility index (Phi) is 4.51. The third kappa shape index (κ3) is 3.49. The number of carbonyl (C=O) groups excluding carboxylic acids is 3. The van der Waals surface area contributed by atoms with Gasteiger partial charge in [-0.25, -0.2) is 4.79 Å². The van der Waals surface area contributed by atoms with Crippen LogP contribution in [0.1, 0.15) is 36.0 Å². The lowest BCUT2D eigenvalue weighted by atomic mass is 9.89. The summed E-state index contributed by atoms with van der Waals surface area (Å²) in [5, 5.41) is 2.85. The Bertz CT molecular complexity index is 782. The minimum absolute atomic E-state index is 0.0518. The van der Waals surface area contributed by atoms with Gasteiger partial charge in [0.15, 0.2) is 5.78 Å². The summed E-state index contributed by atoms with van der Waals surface area (Å²) in [5.74, 6) is 0.175. The number of urea groups is 1. The molecule has 0 aliphatic carbocycles. The predicted octanol–water partition coefficient (Wildman–Crippen LogP) is 0.839. The number of amides is 3. The maximum absolute atomic E-state index is 12.5. The number of hydrogen-bond acceptors (Lipinski definition) is 5. The molecule has 3 atom stereocenters. The molecule has 144 valence electrons. The molecule has 1 aromatic rings. The number of rotatable bonds is 3. The third-order valence-electron chi connectivity index (χ3n) is 5.51. The summed E-state index contributed by atoms with van der Waals surface area (Å²) in [6.45, 7) is 1.22. The fourth-order valence-electron chi connectivity index (χ4n) is 4.07. The molecule has 0 aromatic heterocycles. The van der Waals surface area contributed by atoms with Crippen LogP contribution in [0.2, 0.25) is 0 Å². The topological polar surface area (TPSA) is 111 Å². The summed E-state index contributed by atoms with van der Waals surface area (Å²) in [6, 6.07) is 7.01. The monoisotopic (exact) mass is 373 g/mol. The van der Waals surface area contributed by atoms with Crippen molar-refractivity contribution in [3.8, 4) is 5.75 Å². The second kappa shape index (κ2) is 6.84. The molecule has 0 saturated carbocycles. The zero-order valence-corrected chi connectivity index (χ0v) is 15.0. The van der Waals surface area contributed by atoms with E-state index in [1.165, 1.54) is 0 Å². The van der Waals surface area contributed by atoms with Crippen molar-refractivity contribution in [3.63, 3.8) is 0 Å². The minimum atomic E-state index is -0.649. The van der Waals surface area contributed by atoms with Crippen molar-refractivity contribution in [3.05, 3.63) is 29.8 Å². The number of ether oxygens (including phenoxy) is 2. The Labute approximate surface area is 157 Å². The summed E-state index contributed by atoms with van der Waals surface area (Å²) < 4.78 is 11.7. The Hall–Kier alpha value is -2.61. The Morgan fingerprint density at radius 1 is 1.30 bits per heavy atom. The summed E-state index contributed by atoms with van der Waals surface area (Å²) in [6.07, 6.45) is 1.39. The lowest BCUT2D eigenvalue weighted by Gasteiger charge is -2.34. The molecule has 1 aromatic carbocycles. The number of nitrogens with two attached hydrogens (primary N) is 1. The highest BCUT2D eigenvalue weighted by Crippen LogP contribution is 2.38. The molecule has 2 saturated heterocycles. The van der Waals surface area contributed by atoms with Gasteiger partial charge in [0.2, 0.25) is 5.91 Å². The van der Waals surface area contributed by atoms with Crippen LogP contribution in [0, 0.1) is 0 Å². The van der Waals surface area contributed by atoms with Crippen LogP contribution in [0.25, 0.3) is 0 Å². The van der Waals surface area contributed by atoms with E-state index in [1.807, 2.05) is 12.1 Å². The van der Waals surface area contributed by atoms with E-state index in [1.54, 1.807) is 17.0 Å². The highest BCUT2D eigenvalue weighted by Gasteiger charge is 2.47. The molecule has 4 rings (SSSR count). The molecule has 3 aliphatic heterocycles. The van der Waals surface area contributed by atoms with Gasteiger partial charge in [0, 0.05) is 19.5 Å². The number of para-hydroxylation sites is 1. The largest absolute Gasteiger partial charge is 0.484 e. The summed E-state index contributed by atoms with van der Waals surface area (Å²) >= 11 is 0. The number of fused-ring (bicyclic) bond motifs is 1. The quantitative estimate of drug-likeness (QED) is 0.816. The SMILES string of the molecule is NC(=O)C1CCC(CNC(=O)N2CCC3(CC(=O)c4ccccc4O3)C2)O1. The first-order chi connectivity index (χ1) is 13.0. The van der Waals surface area contributed by atoms with Gasteiger partial charge in [0.05, 0.1) is 24.6 Å². The Morgan fingerprint density at radius 3 is 2.89 bits per heavy atom. The third-order valence-corrected chi connectivity index (χ3v) is 5.51. The van der Waals surface area contributed by atoms with Gasteiger partial charge >= 0.3 is 6.03 Å². The number of carbonyl (C=O) groups is 3. The Balaban J connectivity index is 1.33. The number of hydrogen-bond donors (Lipinski definition) is 2. The van der Waals surface area contributed by atoms with Crippen LogP contribution in [0.5, 0.6) is 5.75 Å². The first kappa shape index (κ1) is 17.8. The number of primary amides is 1. The van der Waals surface area contributed by atoms with E-state index in [2.05, 4.69) is 5.32 Å². The van der Waals surface area contributed by atoms with Crippen LogP contribution >= 0.6 is 0 Å². The summed E-state index contributed by atoms with van der Waals surface area (Å²) in [5.41, 5.74) is 5.19. The van der Waals surface area contributed by atoms with Gasteiger partial charge < -0.3 is 25.4 Å². The molecule has 0 radical (unpaired) electrons. The van der Waals surface area contributed by atoms with E-state index in [0.717, 1.165) is 0 Å². The molecule has 0 bridgehead atoms. The zero-order chi connectivity index (χ0) is 19.0. The average molecular weight is 373 g/mol. The lowest BCUT2D eigenvalue weighted by Crippen LogP contribution is -2.48. The fraction of sp³-hybridized carbons (Fsp3) is 0.526. The van der Waals surface area contributed by atoms with Gasteiger partial charge in [-0.2, -0.15) is 0 Å². The van der Waals surface area contributed by atoms with Gasteiger partial charge in [-0.15, -0.1) is 0 Å². The van der Waals surface area contributed by atoms with Crippen LogP contribution in [0.4, 0.5) is 4.79 Å². The van der Waals surface area contributed by atoms with E-state index < -0.39 is 17.6 Å².